The Balaban J connectivity index is 2.78. The van der Waals surface area contributed by atoms with Gasteiger partial charge in [-0.1, -0.05) is 30.3 Å². The Bertz CT molecular complexity index is 260. The highest BCUT2D eigenvalue weighted by Crippen LogP contribution is 2.13. The Morgan fingerprint density at radius 2 is 2.00 bits per heavy atom. The van der Waals surface area contributed by atoms with Gasteiger partial charge in [0.1, 0.15) is 0 Å². The molecule has 1 N–H and O–H groups in total. The second kappa shape index (κ2) is 3.85. The number of carbonyl (C=O) groups is 1. The standard InChI is InChI=1S/C9H10FNO/c1-7(9(12)11-10)8-5-3-2-4-6-8/h2-7H,1H3,(H,11,12)/t7-/m0/s1. The Morgan fingerprint density at radius 3 is 2.50 bits per heavy atom. The summed E-state index contributed by atoms with van der Waals surface area (Å²) in [5, 5.41) is 0. The molecule has 0 aromatic heterocycles. The first kappa shape index (κ1) is 8.71. The fourth-order valence-electron chi connectivity index (χ4n) is 0.975. The maximum Gasteiger partial charge on any atom is 0.254 e. The van der Waals surface area contributed by atoms with Gasteiger partial charge in [0.15, 0.2) is 0 Å². The highest BCUT2D eigenvalue weighted by molar-refractivity contribution is 5.82. The second-order valence-electron chi connectivity index (χ2n) is 2.59. The van der Waals surface area contributed by atoms with Crippen LogP contribution in [0.25, 0.3) is 0 Å². The Kier molecular flexibility index (Phi) is 2.80. The number of hydrogen-bond donors (Lipinski definition) is 1. The summed E-state index contributed by atoms with van der Waals surface area (Å²) < 4.78 is 11.7. The molecular weight excluding hydrogens is 157 g/mol. The van der Waals surface area contributed by atoms with E-state index in [0.717, 1.165) is 11.1 Å². The molecule has 0 fully saturated rings. The zero-order valence-electron chi connectivity index (χ0n) is 6.75. The molecule has 0 aliphatic carbocycles. The molecule has 1 aromatic carbocycles. The van der Waals surface area contributed by atoms with Gasteiger partial charge in [0.2, 0.25) is 0 Å². The molecule has 0 unspecified atom stereocenters. The molecule has 1 amide bonds. The maximum absolute atomic E-state index is 11.7. The van der Waals surface area contributed by atoms with Crippen LogP contribution in [0.1, 0.15) is 18.4 Å². The lowest BCUT2D eigenvalue weighted by molar-refractivity contribution is -0.126. The first-order chi connectivity index (χ1) is 5.75. The summed E-state index contributed by atoms with van der Waals surface area (Å²) >= 11 is 0. The fourth-order valence-corrected chi connectivity index (χ4v) is 0.975. The van der Waals surface area contributed by atoms with Crippen LogP contribution >= 0.6 is 0 Å². The van der Waals surface area contributed by atoms with Gasteiger partial charge in [0.05, 0.1) is 5.92 Å². The summed E-state index contributed by atoms with van der Waals surface area (Å²) in [5.74, 6) is -1.04. The second-order valence-corrected chi connectivity index (χ2v) is 2.59. The van der Waals surface area contributed by atoms with Crippen molar-refractivity contribution in [1.29, 1.82) is 0 Å². The number of rotatable bonds is 2. The minimum Gasteiger partial charge on any atom is -0.272 e. The minimum absolute atomic E-state index is 0.434. The predicted molar refractivity (Wildman–Crippen MR) is 44.1 cm³/mol. The summed E-state index contributed by atoms with van der Waals surface area (Å²) in [6.07, 6.45) is 0. The number of carbonyl (C=O) groups excluding carboxylic acids is 1. The lowest BCUT2D eigenvalue weighted by Crippen LogP contribution is -2.20. The smallest absolute Gasteiger partial charge is 0.254 e. The van der Waals surface area contributed by atoms with E-state index in [2.05, 4.69) is 0 Å². The molecule has 2 nitrogen and oxygen atoms in total. The molecule has 1 aromatic rings. The van der Waals surface area contributed by atoms with Crippen LogP contribution in [0.5, 0.6) is 0 Å². The largest absolute Gasteiger partial charge is 0.272 e. The summed E-state index contributed by atoms with van der Waals surface area (Å²) in [6, 6.07) is 9.07. The van der Waals surface area contributed by atoms with Gasteiger partial charge in [-0.15, -0.1) is 4.48 Å². The van der Waals surface area contributed by atoms with Crippen molar-refractivity contribution < 1.29 is 9.28 Å². The topological polar surface area (TPSA) is 29.1 Å². The summed E-state index contributed by atoms with van der Waals surface area (Å²) in [5.41, 5.74) is 1.94. The lowest BCUT2D eigenvalue weighted by Gasteiger charge is -2.07. The van der Waals surface area contributed by atoms with Crippen molar-refractivity contribution in [2.75, 3.05) is 0 Å². The molecule has 0 saturated carbocycles. The van der Waals surface area contributed by atoms with E-state index >= 15 is 0 Å². The molecular formula is C9H10FNO. The Hall–Kier alpha value is -1.38. The van der Waals surface area contributed by atoms with Crippen LogP contribution in [0.3, 0.4) is 0 Å². The molecule has 0 heterocycles. The number of halogens is 1. The van der Waals surface area contributed by atoms with Gasteiger partial charge in [-0.3, -0.25) is 4.79 Å². The number of hydrogen-bond acceptors (Lipinski definition) is 1. The van der Waals surface area contributed by atoms with E-state index in [1.54, 1.807) is 19.1 Å². The van der Waals surface area contributed by atoms with E-state index in [1.807, 2.05) is 18.2 Å². The maximum atomic E-state index is 11.7. The highest BCUT2D eigenvalue weighted by atomic mass is 19.2. The molecule has 0 spiro atoms. The normalized spacial score (nSPS) is 12.2. The average Bonchev–Trinajstić information content (AvgIpc) is 2.17. The summed E-state index contributed by atoms with van der Waals surface area (Å²) in [4.78, 5) is 10.8. The quantitative estimate of drug-likeness (QED) is 0.668. The third-order valence-corrected chi connectivity index (χ3v) is 1.79. The SMILES string of the molecule is C[C@H](C(=O)NF)c1ccccc1. The highest BCUT2D eigenvalue weighted by Gasteiger charge is 2.13. The van der Waals surface area contributed by atoms with Gasteiger partial charge in [-0.05, 0) is 12.5 Å². The van der Waals surface area contributed by atoms with E-state index in [0.29, 0.717) is 0 Å². The Labute approximate surface area is 70.3 Å². The third-order valence-electron chi connectivity index (χ3n) is 1.79. The molecule has 0 aliphatic rings. The van der Waals surface area contributed by atoms with Crippen molar-refractivity contribution >= 4 is 5.91 Å². The molecule has 0 bridgehead atoms. The monoisotopic (exact) mass is 167 g/mol. The summed E-state index contributed by atoms with van der Waals surface area (Å²) in [6.45, 7) is 1.66. The average molecular weight is 167 g/mol. The molecule has 0 aliphatic heterocycles. The third kappa shape index (κ3) is 1.81. The van der Waals surface area contributed by atoms with Crippen molar-refractivity contribution in [3.05, 3.63) is 35.9 Å². The van der Waals surface area contributed by atoms with Crippen LogP contribution in [-0.2, 0) is 4.79 Å². The van der Waals surface area contributed by atoms with Gasteiger partial charge in [0.25, 0.3) is 5.91 Å². The number of nitrogens with one attached hydrogen (secondary N) is 1. The van der Waals surface area contributed by atoms with Crippen LogP contribution in [-0.4, -0.2) is 5.91 Å². The molecule has 1 atom stereocenters. The van der Waals surface area contributed by atoms with E-state index in [4.69, 9.17) is 0 Å². The van der Waals surface area contributed by atoms with E-state index in [1.165, 1.54) is 0 Å². The van der Waals surface area contributed by atoms with Gasteiger partial charge < -0.3 is 0 Å². The van der Waals surface area contributed by atoms with Gasteiger partial charge >= 0.3 is 0 Å². The minimum atomic E-state index is -0.610. The first-order valence-electron chi connectivity index (χ1n) is 3.71. The van der Waals surface area contributed by atoms with E-state index < -0.39 is 11.8 Å². The lowest BCUT2D eigenvalue weighted by atomic mass is 10.0. The van der Waals surface area contributed by atoms with Crippen molar-refractivity contribution in [2.24, 2.45) is 0 Å². The van der Waals surface area contributed by atoms with Crippen LogP contribution in [0, 0.1) is 0 Å². The molecule has 64 valence electrons. The van der Waals surface area contributed by atoms with Gasteiger partial charge in [0, 0.05) is 0 Å². The first-order valence-corrected chi connectivity index (χ1v) is 3.71. The number of benzene rings is 1. The van der Waals surface area contributed by atoms with E-state index in [9.17, 15) is 9.28 Å². The van der Waals surface area contributed by atoms with Crippen LogP contribution in [0.15, 0.2) is 30.3 Å². The fraction of sp³-hybridized carbons (Fsp3) is 0.222. The zero-order valence-corrected chi connectivity index (χ0v) is 6.75. The molecule has 3 heteroatoms. The predicted octanol–water partition coefficient (Wildman–Crippen LogP) is 1.79. The van der Waals surface area contributed by atoms with Crippen molar-refractivity contribution in [3.63, 3.8) is 0 Å². The van der Waals surface area contributed by atoms with Gasteiger partial charge in [-0.25, -0.2) is 0 Å². The van der Waals surface area contributed by atoms with Crippen LogP contribution in [0.4, 0.5) is 4.48 Å². The molecule has 0 saturated heterocycles. The number of amides is 1. The zero-order chi connectivity index (χ0) is 8.97. The summed E-state index contributed by atoms with van der Waals surface area (Å²) in [7, 11) is 0. The van der Waals surface area contributed by atoms with Crippen LogP contribution < -0.4 is 5.54 Å². The van der Waals surface area contributed by atoms with Gasteiger partial charge in [-0.2, -0.15) is 5.54 Å². The Morgan fingerprint density at radius 1 is 1.42 bits per heavy atom. The van der Waals surface area contributed by atoms with E-state index in [-0.39, 0.29) is 0 Å². The molecule has 0 radical (unpaired) electrons. The molecule has 12 heavy (non-hydrogen) atoms. The van der Waals surface area contributed by atoms with Crippen molar-refractivity contribution in [2.45, 2.75) is 12.8 Å². The van der Waals surface area contributed by atoms with Crippen molar-refractivity contribution in [1.82, 2.24) is 5.54 Å². The van der Waals surface area contributed by atoms with Crippen LogP contribution in [0.2, 0.25) is 0 Å². The molecule has 1 rings (SSSR count). The van der Waals surface area contributed by atoms with Crippen molar-refractivity contribution in [3.8, 4) is 0 Å².